The number of likely N-dealkylation sites (tertiary alicyclic amines) is 1. The summed E-state index contributed by atoms with van der Waals surface area (Å²) in [6.45, 7) is 6.56. The molecule has 2 aromatic carbocycles. The van der Waals surface area contributed by atoms with Crippen molar-refractivity contribution < 1.29 is 22.8 Å². The van der Waals surface area contributed by atoms with E-state index in [1.165, 1.54) is 11.5 Å². The van der Waals surface area contributed by atoms with E-state index in [1.807, 2.05) is 24.3 Å². The number of anilines is 1. The highest BCUT2D eigenvalue weighted by Gasteiger charge is 2.38. The molecule has 6 rings (SSSR count). The van der Waals surface area contributed by atoms with Gasteiger partial charge in [0, 0.05) is 49.1 Å². The molecule has 0 saturated carbocycles. The Bertz CT molecular complexity index is 1670. The highest BCUT2D eigenvalue weighted by molar-refractivity contribution is 6.00. The molecule has 2 aliphatic heterocycles. The first kappa shape index (κ1) is 27.6. The maximum absolute atomic E-state index is 13.5. The first-order valence-corrected chi connectivity index (χ1v) is 13.8. The maximum atomic E-state index is 13.5. The molecule has 0 unspecified atom stereocenters. The van der Waals surface area contributed by atoms with Crippen LogP contribution in [0.3, 0.4) is 0 Å². The molecular weight excluding hydrogens is 545 g/mol. The Kier molecular flexibility index (Phi) is 6.83. The van der Waals surface area contributed by atoms with Crippen LogP contribution in [0.4, 0.5) is 19.0 Å². The number of hydrogen-bond donors (Lipinski definition) is 0. The van der Waals surface area contributed by atoms with Crippen molar-refractivity contribution in [3.63, 3.8) is 0 Å². The third kappa shape index (κ3) is 5.03. The molecule has 0 N–H and O–H groups in total. The molecule has 0 radical (unpaired) electrons. The lowest BCUT2D eigenvalue weighted by atomic mass is 9.97. The van der Waals surface area contributed by atoms with E-state index >= 15 is 0 Å². The molecule has 4 aromatic rings. The van der Waals surface area contributed by atoms with E-state index in [0.29, 0.717) is 30.3 Å². The SMILES string of the molecule is CC(=O)N1CC(n2cc(C(F)(F)F)nc2-c2ccc(CN3C(=O)Cc4cnc(-c5ccccc5C(C)C)nc43)cc2)C1. The van der Waals surface area contributed by atoms with Gasteiger partial charge in [-0.3, -0.25) is 14.5 Å². The molecule has 0 bridgehead atoms. The van der Waals surface area contributed by atoms with Gasteiger partial charge in [-0.25, -0.2) is 15.0 Å². The van der Waals surface area contributed by atoms with Crippen molar-refractivity contribution in [2.75, 3.05) is 18.0 Å². The topological polar surface area (TPSA) is 84.2 Å². The van der Waals surface area contributed by atoms with Gasteiger partial charge in [0.1, 0.15) is 11.6 Å². The number of imidazole rings is 1. The summed E-state index contributed by atoms with van der Waals surface area (Å²) in [5.41, 5.74) is 3.13. The molecule has 2 aromatic heterocycles. The van der Waals surface area contributed by atoms with Crippen LogP contribution in [0.5, 0.6) is 0 Å². The van der Waals surface area contributed by atoms with Gasteiger partial charge in [-0.1, -0.05) is 62.4 Å². The fourth-order valence-corrected chi connectivity index (χ4v) is 5.48. The fourth-order valence-electron chi connectivity index (χ4n) is 5.48. The van der Waals surface area contributed by atoms with E-state index in [9.17, 15) is 22.8 Å². The van der Waals surface area contributed by atoms with Crippen LogP contribution >= 0.6 is 0 Å². The second-order valence-corrected chi connectivity index (χ2v) is 11.1. The lowest BCUT2D eigenvalue weighted by Crippen LogP contribution is -2.49. The van der Waals surface area contributed by atoms with Gasteiger partial charge in [-0.15, -0.1) is 0 Å². The number of carbonyl (C=O) groups is 2. The second kappa shape index (κ2) is 10.4. The van der Waals surface area contributed by atoms with Gasteiger partial charge in [-0.2, -0.15) is 13.2 Å². The minimum Gasteiger partial charge on any atom is -0.339 e. The van der Waals surface area contributed by atoms with Crippen molar-refractivity contribution in [2.24, 2.45) is 0 Å². The normalized spacial score (nSPS) is 15.4. The molecule has 1 saturated heterocycles. The summed E-state index contributed by atoms with van der Waals surface area (Å²) in [5, 5.41) is 0. The third-order valence-corrected chi connectivity index (χ3v) is 7.84. The smallest absolute Gasteiger partial charge is 0.339 e. The summed E-state index contributed by atoms with van der Waals surface area (Å²) in [7, 11) is 0. The number of carbonyl (C=O) groups excluding carboxylic acids is 2. The molecule has 2 aliphatic rings. The summed E-state index contributed by atoms with van der Waals surface area (Å²) >= 11 is 0. The number of hydrogen-bond acceptors (Lipinski definition) is 5. The van der Waals surface area contributed by atoms with Gasteiger partial charge in [0.25, 0.3) is 0 Å². The molecular formula is C31H29F3N6O2. The zero-order valence-electron chi connectivity index (χ0n) is 23.4. The van der Waals surface area contributed by atoms with Crippen molar-refractivity contribution in [3.8, 4) is 22.8 Å². The summed E-state index contributed by atoms with van der Waals surface area (Å²) in [5.74, 6) is 1.37. The van der Waals surface area contributed by atoms with Crippen LogP contribution in [0, 0.1) is 0 Å². The number of aromatic nitrogens is 4. The monoisotopic (exact) mass is 574 g/mol. The summed E-state index contributed by atoms with van der Waals surface area (Å²) in [6.07, 6.45) is -1.67. The lowest BCUT2D eigenvalue weighted by molar-refractivity contribution is -0.141. The Morgan fingerprint density at radius 2 is 1.76 bits per heavy atom. The molecule has 4 heterocycles. The van der Waals surface area contributed by atoms with E-state index in [4.69, 9.17) is 4.98 Å². The summed E-state index contributed by atoms with van der Waals surface area (Å²) in [6, 6.07) is 14.6. The zero-order valence-corrected chi connectivity index (χ0v) is 23.4. The summed E-state index contributed by atoms with van der Waals surface area (Å²) < 4.78 is 42.1. The predicted molar refractivity (Wildman–Crippen MR) is 150 cm³/mol. The minimum absolute atomic E-state index is 0.0944. The van der Waals surface area contributed by atoms with Crippen LogP contribution in [-0.2, 0) is 28.7 Å². The van der Waals surface area contributed by atoms with Crippen molar-refractivity contribution in [2.45, 2.75) is 51.9 Å². The summed E-state index contributed by atoms with van der Waals surface area (Å²) in [4.78, 5) is 41.1. The van der Waals surface area contributed by atoms with Crippen molar-refractivity contribution in [3.05, 3.63) is 83.3 Å². The molecule has 11 heteroatoms. The molecule has 0 aliphatic carbocycles. The quantitative estimate of drug-likeness (QED) is 0.298. The molecule has 2 amide bonds. The van der Waals surface area contributed by atoms with Crippen LogP contribution in [0.25, 0.3) is 22.8 Å². The average molecular weight is 575 g/mol. The van der Waals surface area contributed by atoms with Crippen LogP contribution < -0.4 is 4.90 Å². The minimum atomic E-state index is -4.59. The number of alkyl halides is 3. The van der Waals surface area contributed by atoms with Crippen LogP contribution in [0.1, 0.15) is 55.1 Å². The number of rotatable bonds is 6. The van der Waals surface area contributed by atoms with E-state index in [1.54, 1.807) is 40.3 Å². The van der Waals surface area contributed by atoms with Crippen molar-refractivity contribution >= 4 is 17.6 Å². The molecule has 8 nitrogen and oxygen atoms in total. The molecule has 216 valence electrons. The standard InChI is InChI=1S/C31H29F3N6O2/c1-18(2)24-6-4-5-7-25(24)28-35-13-22-12-27(42)40(30(22)37-28)14-20-8-10-21(11-9-20)29-36-26(31(32,33)34)17-39(29)23-15-38(16-23)19(3)41/h4-11,13,17-18,23H,12,14-16H2,1-3H3. The first-order chi connectivity index (χ1) is 20.0. The van der Waals surface area contributed by atoms with Gasteiger partial charge in [0.15, 0.2) is 11.5 Å². The third-order valence-electron chi connectivity index (χ3n) is 7.84. The molecule has 0 spiro atoms. The van der Waals surface area contributed by atoms with Crippen LogP contribution in [0.2, 0.25) is 0 Å². The zero-order chi connectivity index (χ0) is 29.8. The maximum Gasteiger partial charge on any atom is 0.434 e. The average Bonchev–Trinajstić information content (AvgIpc) is 3.49. The van der Waals surface area contributed by atoms with Gasteiger partial charge in [0.2, 0.25) is 11.8 Å². The number of nitrogens with zero attached hydrogens (tertiary/aromatic N) is 6. The Hall–Kier alpha value is -4.54. The van der Waals surface area contributed by atoms with E-state index in [-0.39, 0.29) is 42.6 Å². The number of amides is 2. The van der Waals surface area contributed by atoms with Crippen LogP contribution in [-0.4, -0.2) is 49.3 Å². The van der Waals surface area contributed by atoms with E-state index in [0.717, 1.165) is 28.5 Å². The van der Waals surface area contributed by atoms with Crippen molar-refractivity contribution in [1.82, 2.24) is 24.4 Å². The number of halogens is 3. The van der Waals surface area contributed by atoms with E-state index in [2.05, 4.69) is 23.8 Å². The largest absolute Gasteiger partial charge is 0.434 e. The lowest BCUT2D eigenvalue weighted by Gasteiger charge is -2.39. The fraction of sp³-hybridized carbons (Fsp3) is 0.323. The van der Waals surface area contributed by atoms with Crippen molar-refractivity contribution in [1.29, 1.82) is 0 Å². The van der Waals surface area contributed by atoms with E-state index < -0.39 is 11.9 Å². The highest BCUT2D eigenvalue weighted by atomic mass is 19.4. The van der Waals surface area contributed by atoms with Gasteiger partial charge < -0.3 is 9.47 Å². The highest BCUT2D eigenvalue weighted by Crippen LogP contribution is 2.36. The van der Waals surface area contributed by atoms with Gasteiger partial charge >= 0.3 is 6.18 Å². The van der Waals surface area contributed by atoms with Crippen LogP contribution in [0.15, 0.2) is 60.9 Å². The molecule has 1 fully saturated rings. The molecule has 42 heavy (non-hydrogen) atoms. The van der Waals surface area contributed by atoms with Gasteiger partial charge in [0.05, 0.1) is 19.0 Å². The Balaban J connectivity index is 1.27. The number of fused-ring (bicyclic) bond motifs is 1. The molecule has 0 atom stereocenters. The predicted octanol–water partition coefficient (Wildman–Crippen LogP) is 5.64. The first-order valence-electron chi connectivity index (χ1n) is 13.8. The van der Waals surface area contributed by atoms with Gasteiger partial charge in [-0.05, 0) is 17.0 Å². The Labute approximate surface area is 240 Å². The Morgan fingerprint density at radius 1 is 1.05 bits per heavy atom. The second-order valence-electron chi connectivity index (χ2n) is 11.1. The number of benzene rings is 2. The Morgan fingerprint density at radius 3 is 2.43 bits per heavy atom.